The second kappa shape index (κ2) is 8.78. The van der Waals surface area contributed by atoms with Crippen molar-refractivity contribution in [3.8, 4) is 0 Å². The molecule has 152 valence electrons. The van der Waals surface area contributed by atoms with Crippen LogP contribution in [-0.4, -0.2) is 62.4 Å². The number of hydrogen-bond acceptors (Lipinski definition) is 4. The Balaban J connectivity index is 2.01. The number of likely N-dealkylation sites (tertiary alicyclic amines) is 1. The summed E-state index contributed by atoms with van der Waals surface area (Å²) in [5.74, 6) is 0.0904. The van der Waals surface area contributed by atoms with Crippen molar-refractivity contribution in [2.45, 2.75) is 44.6 Å². The van der Waals surface area contributed by atoms with Crippen LogP contribution in [-0.2, 0) is 20.2 Å². The third-order valence-corrected chi connectivity index (χ3v) is 7.94. The highest BCUT2D eigenvalue weighted by Crippen LogP contribution is 2.34. The zero-order valence-corrected chi connectivity index (χ0v) is 18.7. The van der Waals surface area contributed by atoms with Crippen LogP contribution in [0.2, 0.25) is 10.0 Å². The third kappa shape index (κ3) is 5.45. The van der Waals surface area contributed by atoms with E-state index in [1.807, 2.05) is 13.0 Å². The lowest BCUT2D eigenvalue weighted by atomic mass is 9.76. The Bertz CT molecular complexity index is 792. The summed E-state index contributed by atoms with van der Waals surface area (Å²) in [5, 5.41) is 0.926. The Kier molecular flexibility index (Phi) is 7.36. The first kappa shape index (κ1) is 22.6. The third-order valence-electron chi connectivity index (χ3n) is 5.86. The van der Waals surface area contributed by atoms with Gasteiger partial charge in [-0.15, -0.1) is 0 Å². The summed E-state index contributed by atoms with van der Waals surface area (Å²) >= 11 is 12.2. The van der Waals surface area contributed by atoms with Gasteiger partial charge in [0.25, 0.3) is 0 Å². The van der Waals surface area contributed by atoms with Crippen LogP contribution in [0.15, 0.2) is 18.2 Å². The maximum atomic E-state index is 12.4. The van der Waals surface area contributed by atoms with Crippen molar-refractivity contribution in [3.05, 3.63) is 33.8 Å². The van der Waals surface area contributed by atoms with Crippen molar-refractivity contribution >= 4 is 39.0 Å². The van der Waals surface area contributed by atoms with Crippen molar-refractivity contribution in [1.29, 1.82) is 0 Å². The lowest BCUT2D eigenvalue weighted by Crippen LogP contribution is -2.46. The summed E-state index contributed by atoms with van der Waals surface area (Å²) in [5.41, 5.74) is 0.241. The average molecular weight is 435 g/mol. The fourth-order valence-electron chi connectivity index (χ4n) is 3.52. The van der Waals surface area contributed by atoms with Gasteiger partial charge in [0.15, 0.2) is 0 Å². The Hall–Kier alpha value is -0.660. The van der Waals surface area contributed by atoms with Gasteiger partial charge >= 0.3 is 0 Å². The maximum absolute atomic E-state index is 12.4. The molecule has 0 bridgehead atoms. The van der Waals surface area contributed by atoms with Crippen LogP contribution < -0.4 is 0 Å². The summed E-state index contributed by atoms with van der Waals surface area (Å²) in [6.45, 7) is 5.96. The Morgan fingerprint density at radius 3 is 2.33 bits per heavy atom. The fraction of sp³-hybridized carbons (Fsp3) is 0.632. The van der Waals surface area contributed by atoms with Gasteiger partial charge in [-0.25, -0.2) is 12.7 Å². The minimum atomic E-state index is -3.16. The van der Waals surface area contributed by atoms with Crippen LogP contribution >= 0.6 is 23.2 Å². The monoisotopic (exact) mass is 434 g/mol. The van der Waals surface area contributed by atoms with E-state index in [0.29, 0.717) is 16.5 Å². The minimum Gasteiger partial charge on any atom is -0.303 e. The lowest BCUT2D eigenvalue weighted by Gasteiger charge is -2.37. The number of halogens is 2. The fourth-order valence-corrected chi connectivity index (χ4v) is 4.57. The molecule has 27 heavy (non-hydrogen) atoms. The van der Waals surface area contributed by atoms with Crippen molar-refractivity contribution in [2.75, 3.05) is 32.9 Å². The molecule has 1 saturated heterocycles. The van der Waals surface area contributed by atoms with Gasteiger partial charge in [-0.3, -0.25) is 4.79 Å². The first-order chi connectivity index (χ1) is 12.4. The number of rotatable bonds is 7. The zero-order valence-electron chi connectivity index (χ0n) is 16.3. The Morgan fingerprint density at radius 1 is 1.26 bits per heavy atom. The van der Waals surface area contributed by atoms with E-state index < -0.39 is 15.4 Å². The van der Waals surface area contributed by atoms with Crippen LogP contribution in [0, 0.1) is 0 Å². The average Bonchev–Trinajstić information content (AvgIpc) is 2.60. The van der Waals surface area contributed by atoms with Crippen LogP contribution in [0.4, 0.5) is 0 Å². The molecule has 1 aliphatic heterocycles. The van der Waals surface area contributed by atoms with Gasteiger partial charge in [-0.2, -0.15) is 0 Å². The van der Waals surface area contributed by atoms with Crippen molar-refractivity contribution in [3.63, 3.8) is 0 Å². The normalized spacial score (nSPS) is 19.2. The van der Waals surface area contributed by atoms with E-state index in [0.717, 1.165) is 38.0 Å². The second-order valence-electron chi connectivity index (χ2n) is 7.62. The molecule has 1 unspecified atom stereocenters. The van der Waals surface area contributed by atoms with E-state index in [1.54, 1.807) is 26.1 Å². The largest absolute Gasteiger partial charge is 0.303 e. The molecule has 1 fully saturated rings. The molecular weight excluding hydrogens is 407 g/mol. The molecule has 1 atom stereocenters. The molecule has 0 aromatic heterocycles. The van der Waals surface area contributed by atoms with Gasteiger partial charge in [-0.1, -0.05) is 29.3 Å². The highest BCUT2D eigenvalue weighted by atomic mass is 35.5. The minimum absolute atomic E-state index is 0.0468. The van der Waals surface area contributed by atoms with E-state index in [-0.39, 0.29) is 11.8 Å². The summed E-state index contributed by atoms with van der Waals surface area (Å²) in [6, 6.07) is 5.42. The number of hydrogen-bond donors (Lipinski definition) is 0. The van der Waals surface area contributed by atoms with Gasteiger partial charge in [0.1, 0.15) is 5.78 Å². The van der Waals surface area contributed by atoms with Gasteiger partial charge in [0.05, 0.1) is 21.7 Å². The summed E-state index contributed by atoms with van der Waals surface area (Å²) < 4.78 is 24.9. The molecule has 5 nitrogen and oxygen atoms in total. The van der Waals surface area contributed by atoms with Crippen LogP contribution in [0.25, 0.3) is 0 Å². The molecule has 1 aliphatic rings. The molecule has 2 rings (SSSR count). The second-order valence-corrected chi connectivity index (χ2v) is 10.5. The standard InChI is InChI=1S/C19H28Cl2N2O3S/c1-14(24)19(2,15-5-6-17(20)18(21)13-15)9-12-23-10-7-16(8-11-23)22(3)27(4,25)26/h5-6,13,16H,7-12H2,1-4H3. The molecule has 0 aliphatic carbocycles. The van der Waals surface area contributed by atoms with Crippen LogP contribution in [0.3, 0.4) is 0 Å². The summed E-state index contributed by atoms with van der Waals surface area (Å²) in [6.07, 6.45) is 3.52. The zero-order chi connectivity index (χ0) is 20.4. The van der Waals surface area contributed by atoms with Gasteiger partial charge in [0, 0.05) is 13.1 Å². The molecule has 0 spiro atoms. The van der Waals surface area contributed by atoms with E-state index in [2.05, 4.69) is 4.90 Å². The van der Waals surface area contributed by atoms with E-state index in [9.17, 15) is 13.2 Å². The predicted molar refractivity (Wildman–Crippen MR) is 111 cm³/mol. The SMILES string of the molecule is CC(=O)C(C)(CCN1CCC(N(C)S(C)(=O)=O)CC1)c1ccc(Cl)c(Cl)c1. The van der Waals surface area contributed by atoms with Gasteiger partial charge < -0.3 is 4.90 Å². The first-order valence-corrected chi connectivity index (χ1v) is 11.7. The highest BCUT2D eigenvalue weighted by Gasteiger charge is 2.34. The predicted octanol–water partition coefficient (Wildman–Crippen LogP) is 3.59. The van der Waals surface area contributed by atoms with Gasteiger partial charge in [0.2, 0.25) is 10.0 Å². The smallest absolute Gasteiger partial charge is 0.211 e. The van der Waals surface area contributed by atoms with E-state index in [4.69, 9.17) is 23.2 Å². The first-order valence-electron chi connectivity index (χ1n) is 9.07. The molecular formula is C19H28Cl2N2O3S. The number of carbonyl (C=O) groups excluding carboxylic acids is 1. The van der Waals surface area contributed by atoms with Crippen molar-refractivity contribution in [1.82, 2.24) is 9.21 Å². The number of Topliss-reactive ketones (excluding diaryl/α,β-unsaturated/α-hetero) is 1. The van der Waals surface area contributed by atoms with Crippen LogP contribution in [0.1, 0.15) is 38.7 Å². The molecule has 0 saturated carbocycles. The van der Waals surface area contributed by atoms with E-state index >= 15 is 0 Å². The Labute approximate surface area is 172 Å². The molecule has 0 amide bonds. The molecule has 8 heteroatoms. The Morgan fingerprint density at radius 2 is 1.85 bits per heavy atom. The maximum Gasteiger partial charge on any atom is 0.211 e. The van der Waals surface area contributed by atoms with E-state index in [1.165, 1.54) is 10.6 Å². The number of nitrogens with zero attached hydrogens (tertiary/aromatic N) is 2. The number of ketones is 1. The highest BCUT2D eigenvalue weighted by molar-refractivity contribution is 7.88. The van der Waals surface area contributed by atoms with Crippen molar-refractivity contribution in [2.24, 2.45) is 0 Å². The summed E-state index contributed by atoms with van der Waals surface area (Å²) in [4.78, 5) is 14.7. The topological polar surface area (TPSA) is 57.7 Å². The van der Waals surface area contributed by atoms with Crippen molar-refractivity contribution < 1.29 is 13.2 Å². The summed E-state index contributed by atoms with van der Waals surface area (Å²) in [7, 11) is -1.52. The molecule has 1 aromatic carbocycles. The molecule has 1 aromatic rings. The number of carbonyl (C=O) groups is 1. The number of piperidine rings is 1. The quantitative estimate of drug-likeness (QED) is 0.657. The number of benzene rings is 1. The van der Waals surface area contributed by atoms with Gasteiger partial charge in [-0.05, 0) is 70.4 Å². The van der Waals surface area contributed by atoms with Crippen LogP contribution in [0.5, 0.6) is 0 Å². The molecule has 1 heterocycles. The number of sulfonamides is 1. The molecule has 0 radical (unpaired) electrons. The molecule has 0 N–H and O–H groups in total. The lowest BCUT2D eigenvalue weighted by molar-refractivity contribution is -0.122.